The molecular weight excluding hydrogens is 116 g/mol. The van der Waals surface area contributed by atoms with E-state index in [1.54, 1.807) is 13.2 Å². The van der Waals surface area contributed by atoms with Gasteiger partial charge in [-0.1, -0.05) is 6.92 Å². The van der Waals surface area contributed by atoms with Crippen molar-refractivity contribution >= 4 is 5.91 Å². The molecule has 0 saturated carbocycles. The minimum absolute atomic E-state index is 0.355. The number of carbonyl (C=O) groups excluding carboxylic acids is 1. The second kappa shape index (κ2) is 3.95. The lowest BCUT2D eigenvalue weighted by Crippen LogP contribution is -2.15. The molecule has 9 heavy (non-hydrogen) atoms. The monoisotopic (exact) mass is 128 g/mol. The molecule has 0 rings (SSSR count). The van der Waals surface area contributed by atoms with E-state index < -0.39 is 0 Å². The fourth-order valence-corrected chi connectivity index (χ4v) is 0.522. The van der Waals surface area contributed by atoms with Gasteiger partial charge in [-0.2, -0.15) is 0 Å². The molecule has 3 N–H and O–H groups in total. The summed E-state index contributed by atoms with van der Waals surface area (Å²) in [5, 5.41) is 2.74. The molecule has 0 aromatic heterocycles. The minimum atomic E-state index is -0.355. The molecule has 0 fully saturated rings. The summed E-state index contributed by atoms with van der Waals surface area (Å²) in [6, 6.07) is 0. The van der Waals surface area contributed by atoms with E-state index in [2.05, 4.69) is 5.32 Å². The van der Waals surface area contributed by atoms with Gasteiger partial charge in [0.15, 0.2) is 0 Å². The van der Waals surface area contributed by atoms with Crippen molar-refractivity contribution in [2.45, 2.75) is 13.3 Å². The SMILES string of the molecule is CC/C(=C\NC)C(N)=O. The van der Waals surface area contributed by atoms with Gasteiger partial charge in [0.05, 0.1) is 0 Å². The predicted octanol–water partition coefficient (Wildman–Crippen LogP) is -0.0150. The van der Waals surface area contributed by atoms with Gasteiger partial charge in [0, 0.05) is 18.8 Å². The lowest BCUT2D eigenvalue weighted by Gasteiger charge is -1.96. The van der Waals surface area contributed by atoms with Crippen molar-refractivity contribution in [2.24, 2.45) is 5.73 Å². The smallest absolute Gasteiger partial charge is 0.246 e. The largest absolute Gasteiger partial charge is 0.394 e. The first-order chi connectivity index (χ1) is 4.22. The highest BCUT2D eigenvalue weighted by atomic mass is 16.1. The Kier molecular flexibility index (Phi) is 3.51. The second-order valence-electron chi connectivity index (χ2n) is 1.68. The number of amides is 1. The van der Waals surface area contributed by atoms with Crippen LogP contribution in [-0.2, 0) is 4.79 Å². The maximum Gasteiger partial charge on any atom is 0.246 e. The number of carbonyl (C=O) groups is 1. The summed E-state index contributed by atoms with van der Waals surface area (Å²) in [7, 11) is 1.73. The van der Waals surface area contributed by atoms with E-state index in [0.29, 0.717) is 12.0 Å². The van der Waals surface area contributed by atoms with Crippen LogP contribution in [0.15, 0.2) is 11.8 Å². The van der Waals surface area contributed by atoms with E-state index in [1.807, 2.05) is 6.92 Å². The fourth-order valence-electron chi connectivity index (χ4n) is 0.522. The first-order valence-electron chi connectivity index (χ1n) is 2.88. The Morgan fingerprint density at radius 1 is 1.78 bits per heavy atom. The van der Waals surface area contributed by atoms with E-state index in [0.717, 1.165) is 0 Å². The molecule has 0 aliphatic rings. The van der Waals surface area contributed by atoms with Crippen LogP contribution in [0.4, 0.5) is 0 Å². The Morgan fingerprint density at radius 3 is 2.44 bits per heavy atom. The van der Waals surface area contributed by atoms with Crippen LogP contribution in [0.3, 0.4) is 0 Å². The molecule has 3 heteroatoms. The van der Waals surface area contributed by atoms with E-state index >= 15 is 0 Å². The Hall–Kier alpha value is -0.990. The van der Waals surface area contributed by atoms with Gasteiger partial charge < -0.3 is 11.1 Å². The molecule has 52 valence electrons. The molecule has 0 spiro atoms. The first kappa shape index (κ1) is 8.01. The summed E-state index contributed by atoms with van der Waals surface area (Å²) in [5.74, 6) is -0.355. The molecule has 0 aliphatic heterocycles. The van der Waals surface area contributed by atoms with Gasteiger partial charge >= 0.3 is 0 Å². The molecule has 0 bridgehead atoms. The van der Waals surface area contributed by atoms with Gasteiger partial charge in [-0.15, -0.1) is 0 Å². The topological polar surface area (TPSA) is 55.1 Å². The number of hydrogen-bond donors (Lipinski definition) is 2. The quantitative estimate of drug-likeness (QED) is 0.525. The third-order valence-corrected chi connectivity index (χ3v) is 1.02. The summed E-state index contributed by atoms with van der Waals surface area (Å²) in [5.41, 5.74) is 5.61. The molecule has 0 atom stereocenters. The van der Waals surface area contributed by atoms with Crippen LogP contribution in [0.25, 0.3) is 0 Å². The number of nitrogens with two attached hydrogens (primary N) is 1. The van der Waals surface area contributed by atoms with Gasteiger partial charge in [-0.25, -0.2) is 0 Å². The average molecular weight is 128 g/mol. The van der Waals surface area contributed by atoms with Crippen LogP contribution in [-0.4, -0.2) is 13.0 Å². The van der Waals surface area contributed by atoms with Gasteiger partial charge in [-0.3, -0.25) is 4.79 Å². The van der Waals surface area contributed by atoms with E-state index in [4.69, 9.17) is 5.73 Å². The highest BCUT2D eigenvalue weighted by Crippen LogP contribution is 1.95. The molecule has 3 nitrogen and oxygen atoms in total. The van der Waals surface area contributed by atoms with Crippen molar-refractivity contribution in [3.8, 4) is 0 Å². The summed E-state index contributed by atoms with van der Waals surface area (Å²) >= 11 is 0. The maximum absolute atomic E-state index is 10.4. The van der Waals surface area contributed by atoms with E-state index in [9.17, 15) is 4.79 Å². The standard InChI is InChI=1S/C6H12N2O/c1-3-5(4-8-2)6(7)9/h4,8H,3H2,1-2H3,(H2,7,9)/b5-4+. The van der Waals surface area contributed by atoms with Gasteiger partial charge in [0.25, 0.3) is 0 Å². The molecule has 0 heterocycles. The van der Waals surface area contributed by atoms with E-state index in [1.165, 1.54) is 0 Å². The van der Waals surface area contributed by atoms with E-state index in [-0.39, 0.29) is 5.91 Å². The molecule has 0 unspecified atom stereocenters. The Bertz CT molecular complexity index is 129. The Morgan fingerprint density at radius 2 is 2.33 bits per heavy atom. The third-order valence-electron chi connectivity index (χ3n) is 1.02. The van der Waals surface area contributed by atoms with Crippen LogP contribution in [0.5, 0.6) is 0 Å². The first-order valence-corrected chi connectivity index (χ1v) is 2.88. The van der Waals surface area contributed by atoms with Crippen molar-refractivity contribution in [1.82, 2.24) is 5.32 Å². The van der Waals surface area contributed by atoms with Gasteiger partial charge in [0.2, 0.25) is 5.91 Å². The van der Waals surface area contributed by atoms with Crippen molar-refractivity contribution in [3.05, 3.63) is 11.8 Å². The molecule has 0 radical (unpaired) electrons. The number of hydrogen-bond acceptors (Lipinski definition) is 2. The summed E-state index contributed by atoms with van der Waals surface area (Å²) in [4.78, 5) is 10.4. The van der Waals surface area contributed by atoms with Crippen LogP contribution in [0.1, 0.15) is 13.3 Å². The molecule has 0 aromatic carbocycles. The molecule has 1 amide bonds. The Labute approximate surface area is 54.9 Å². The highest BCUT2D eigenvalue weighted by Gasteiger charge is 1.98. The lowest BCUT2D eigenvalue weighted by molar-refractivity contribution is -0.114. The average Bonchev–Trinajstić information content (AvgIpc) is 1.82. The summed E-state index contributed by atoms with van der Waals surface area (Å²) in [6.07, 6.45) is 2.29. The molecule has 0 saturated heterocycles. The van der Waals surface area contributed by atoms with Crippen LogP contribution in [0, 0.1) is 0 Å². The minimum Gasteiger partial charge on any atom is -0.394 e. The zero-order valence-electron chi connectivity index (χ0n) is 5.77. The molecule has 0 aliphatic carbocycles. The zero-order chi connectivity index (χ0) is 7.28. The maximum atomic E-state index is 10.4. The molecule has 0 aromatic rings. The van der Waals surface area contributed by atoms with Crippen molar-refractivity contribution in [1.29, 1.82) is 0 Å². The predicted molar refractivity (Wildman–Crippen MR) is 36.6 cm³/mol. The van der Waals surface area contributed by atoms with Crippen molar-refractivity contribution in [2.75, 3.05) is 7.05 Å². The molecular formula is C6H12N2O. The van der Waals surface area contributed by atoms with Gasteiger partial charge in [0.1, 0.15) is 0 Å². The number of rotatable bonds is 3. The van der Waals surface area contributed by atoms with Crippen LogP contribution >= 0.6 is 0 Å². The number of primary amides is 1. The summed E-state index contributed by atoms with van der Waals surface area (Å²) < 4.78 is 0. The lowest BCUT2D eigenvalue weighted by atomic mass is 10.2. The van der Waals surface area contributed by atoms with Crippen molar-refractivity contribution in [3.63, 3.8) is 0 Å². The highest BCUT2D eigenvalue weighted by molar-refractivity contribution is 5.91. The third kappa shape index (κ3) is 2.74. The zero-order valence-corrected chi connectivity index (χ0v) is 5.77. The Balaban J connectivity index is 3.98. The fraction of sp³-hybridized carbons (Fsp3) is 0.500. The number of nitrogens with one attached hydrogen (secondary N) is 1. The second-order valence-corrected chi connectivity index (χ2v) is 1.68. The normalized spacial score (nSPS) is 11.1. The van der Waals surface area contributed by atoms with Crippen LogP contribution in [0.2, 0.25) is 0 Å². The van der Waals surface area contributed by atoms with Crippen molar-refractivity contribution < 1.29 is 4.79 Å². The summed E-state index contributed by atoms with van der Waals surface area (Å²) in [6.45, 7) is 1.88. The van der Waals surface area contributed by atoms with Crippen LogP contribution < -0.4 is 11.1 Å². The van der Waals surface area contributed by atoms with Gasteiger partial charge in [-0.05, 0) is 6.42 Å².